The number of halogens is 6. The first-order chi connectivity index (χ1) is 14.9. The van der Waals surface area contributed by atoms with Gasteiger partial charge in [-0.1, -0.05) is 18.2 Å². The van der Waals surface area contributed by atoms with Crippen LogP contribution in [0.2, 0.25) is 0 Å². The molecule has 2 rings (SSSR count). The molecule has 0 spiro atoms. The summed E-state index contributed by atoms with van der Waals surface area (Å²) in [5, 5.41) is 13.8. The highest BCUT2D eigenvalue weighted by molar-refractivity contribution is 5.90. The SMILES string of the molecule is N#Cc1cnc(NCc2ccccc2OC(F)(F)F)nc1NCC(=O)OC(=O)C(F)(F)F. The number of benzene rings is 1. The Bertz CT molecular complexity index is 1040. The van der Waals surface area contributed by atoms with E-state index in [9.17, 15) is 35.9 Å². The second-order valence-electron chi connectivity index (χ2n) is 5.69. The number of carbonyl (C=O) groups is 2. The predicted molar refractivity (Wildman–Crippen MR) is 92.8 cm³/mol. The molecule has 0 aliphatic carbocycles. The maximum atomic E-state index is 12.5. The van der Waals surface area contributed by atoms with E-state index in [1.807, 2.05) is 0 Å². The summed E-state index contributed by atoms with van der Waals surface area (Å²) in [5.74, 6) is -5.29. The van der Waals surface area contributed by atoms with Gasteiger partial charge in [0.2, 0.25) is 5.95 Å². The first-order valence-corrected chi connectivity index (χ1v) is 8.29. The molecule has 1 aromatic heterocycles. The molecule has 0 atom stereocenters. The quantitative estimate of drug-likeness (QED) is 0.362. The van der Waals surface area contributed by atoms with E-state index in [-0.39, 0.29) is 29.4 Å². The Morgan fingerprint density at radius 2 is 1.78 bits per heavy atom. The van der Waals surface area contributed by atoms with Gasteiger partial charge >= 0.3 is 24.5 Å². The van der Waals surface area contributed by atoms with E-state index in [0.717, 1.165) is 12.3 Å². The van der Waals surface area contributed by atoms with Crippen LogP contribution in [0.5, 0.6) is 5.75 Å². The van der Waals surface area contributed by atoms with E-state index in [1.165, 1.54) is 18.2 Å². The fourth-order valence-electron chi connectivity index (χ4n) is 2.09. The Kier molecular flexibility index (Phi) is 7.41. The number of hydrogen-bond acceptors (Lipinski definition) is 9. The molecule has 9 nitrogen and oxygen atoms in total. The summed E-state index contributed by atoms with van der Waals surface area (Å²) in [5.41, 5.74) is -0.132. The van der Waals surface area contributed by atoms with Gasteiger partial charge in [0.05, 0.1) is 6.20 Å². The molecule has 0 amide bonds. The zero-order valence-electron chi connectivity index (χ0n) is 15.5. The molecule has 0 bridgehead atoms. The fourth-order valence-corrected chi connectivity index (χ4v) is 2.09. The van der Waals surface area contributed by atoms with Crippen molar-refractivity contribution in [3.05, 3.63) is 41.6 Å². The lowest BCUT2D eigenvalue weighted by Gasteiger charge is -2.14. The van der Waals surface area contributed by atoms with Crippen LogP contribution in [0.25, 0.3) is 0 Å². The van der Waals surface area contributed by atoms with E-state index in [0.29, 0.717) is 0 Å². The molecule has 0 saturated carbocycles. The van der Waals surface area contributed by atoms with E-state index < -0.39 is 36.8 Å². The topological polar surface area (TPSA) is 126 Å². The highest BCUT2D eigenvalue weighted by Gasteiger charge is 2.42. The molecule has 1 heterocycles. The third kappa shape index (κ3) is 7.31. The van der Waals surface area contributed by atoms with Crippen LogP contribution in [0.1, 0.15) is 11.1 Å². The number of alkyl halides is 6. The Morgan fingerprint density at radius 3 is 2.41 bits per heavy atom. The molecule has 2 N–H and O–H groups in total. The number of aromatic nitrogens is 2. The van der Waals surface area contributed by atoms with Crippen LogP contribution < -0.4 is 15.4 Å². The minimum absolute atomic E-state index is 0.0848. The molecule has 0 aliphatic heterocycles. The third-order valence-electron chi connectivity index (χ3n) is 3.38. The van der Waals surface area contributed by atoms with Gasteiger partial charge in [-0.3, -0.25) is 0 Å². The molecule has 32 heavy (non-hydrogen) atoms. The number of nitrogens with one attached hydrogen (secondary N) is 2. The number of nitriles is 1. The summed E-state index contributed by atoms with van der Waals surface area (Å²) in [7, 11) is 0. The lowest BCUT2D eigenvalue weighted by molar-refractivity contribution is -0.274. The van der Waals surface area contributed by atoms with E-state index in [2.05, 4.69) is 30.1 Å². The van der Waals surface area contributed by atoms with E-state index in [1.54, 1.807) is 6.07 Å². The Hall–Kier alpha value is -4.09. The molecular weight excluding hydrogens is 452 g/mol. The number of rotatable bonds is 7. The number of esters is 2. The minimum Gasteiger partial charge on any atom is -0.405 e. The third-order valence-corrected chi connectivity index (χ3v) is 3.38. The zero-order valence-corrected chi connectivity index (χ0v) is 15.5. The maximum Gasteiger partial charge on any atom is 0.573 e. The van der Waals surface area contributed by atoms with Crippen molar-refractivity contribution in [2.24, 2.45) is 0 Å². The Morgan fingerprint density at radius 1 is 1.09 bits per heavy atom. The zero-order chi connectivity index (χ0) is 23.9. The lowest BCUT2D eigenvalue weighted by Crippen LogP contribution is -2.30. The van der Waals surface area contributed by atoms with Gasteiger partial charge < -0.3 is 20.1 Å². The average Bonchev–Trinajstić information content (AvgIpc) is 2.69. The van der Waals surface area contributed by atoms with Crippen LogP contribution in [0.15, 0.2) is 30.5 Å². The van der Waals surface area contributed by atoms with Gasteiger partial charge in [-0.25, -0.2) is 14.6 Å². The average molecular weight is 463 g/mol. The summed E-state index contributed by atoms with van der Waals surface area (Å²) in [6.07, 6.45) is -9.30. The van der Waals surface area contributed by atoms with Gasteiger partial charge in [-0.05, 0) is 6.07 Å². The number of para-hydroxylation sites is 1. The molecule has 0 aliphatic rings. The van der Waals surface area contributed by atoms with Crippen molar-refractivity contribution in [1.29, 1.82) is 5.26 Å². The van der Waals surface area contributed by atoms with Crippen molar-refractivity contribution >= 4 is 23.7 Å². The van der Waals surface area contributed by atoms with Crippen LogP contribution in [0.3, 0.4) is 0 Å². The summed E-state index contributed by atoms with van der Waals surface area (Å²) in [6, 6.07) is 6.87. The summed E-state index contributed by atoms with van der Waals surface area (Å²) in [6.45, 7) is -1.19. The van der Waals surface area contributed by atoms with Crippen molar-refractivity contribution in [2.45, 2.75) is 19.1 Å². The van der Waals surface area contributed by atoms with Crippen molar-refractivity contribution in [3.63, 3.8) is 0 Å². The molecule has 0 radical (unpaired) electrons. The van der Waals surface area contributed by atoms with Crippen molar-refractivity contribution in [1.82, 2.24) is 9.97 Å². The number of nitrogens with zero attached hydrogens (tertiary/aromatic N) is 3. The van der Waals surface area contributed by atoms with Crippen molar-refractivity contribution in [2.75, 3.05) is 17.2 Å². The number of carbonyl (C=O) groups excluding carboxylic acids is 2. The van der Waals surface area contributed by atoms with Crippen molar-refractivity contribution < 1.29 is 45.4 Å². The first kappa shape index (κ1) is 24.2. The number of ether oxygens (including phenoxy) is 2. The number of hydrogen-bond donors (Lipinski definition) is 2. The van der Waals surface area contributed by atoms with Crippen LogP contribution in [0.4, 0.5) is 38.1 Å². The number of anilines is 2. The van der Waals surface area contributed by atoms with Crippen LogP contribution in [-0.4, -0.2) is 41.0 Å². The van der Waals surface area contributed by atoms with E-state index >= 15 is 0 Å². The van der Waals surface area contributed by atoms with Gasteiger partial charge in [0.15, 0.2) is 0 Å². The van der Waals surface area contributed by atoms with Gasteiger partial charge in [0.25, 0.3) is 0 Å². The second-order valence-corrected chi connectivity index (χ2v) is 5.69. The normalized spacial score (nSPS) is 11.3. The molecule has 15 heteroatoms. The van der Waals surface area contributed by atoms with Crippen molar-refractivity contribution in [3.8, 4) is 11.8 Å². The van der Waals surface area contributed by atoms with Crippen LogP contribution in [-0.2, 0) is 20.9 Å². The minimum atomic E-state index is -5.37. The van der Waals surface area contributed by atoms with Crippen LogP contribution in [0, 0.1) is 11.3 Å². The van der Waals surface area contributed by atoms with Gasteiger partial charge in [-0.2, -0.15) is 23.4 Å². The maximum absolute atomic E-state index is 12.5. The summed E-state index contributed by atoms with van der Waals surface area (Å²) in [4.78, 5) is 29.6. The molecule has 0 fully saturated rings. The molecule has 0 saturated heterocycles. The van der Waals surface area contributed by atoms with Gasteiger partial charge in [-0.15, -0.1) is 13.2 Å². The molecule has 170 valence electrons. The first-order valence-electron chi connectivity index (χ1n) is 8.29. The lowest BCUT2D eigenvalue weighted by atomic mass is 10.2. The fraction of sp³-hybridized carbons (Fsp3) is 0.235. The van der Waals surface area contributed by atoms with Gasteiger partial charge in [0.1, 0.15) is 29.7 Å². The molecule has 2 aromatic rings. The summed E-state index contributed by atoms with van der Waals surface area (Å²) < 4.78 is 81.3. The second kappa shape index (κ2) is 9.81. The Balaban J connectivity index is 2.07. The monoisotopic (exact) mass is 463 g/mol. The largest absolute Gasteiger partial charge is 0.573 e. The molecule has 0 unspecified atom stereocenters. The Labute approximate surface area is 175 Å². The smallest absolute Gasteiger partial charge is 0.405 e. The predicted octanol–water partition coefficient (Wildman–Crippen LogP) is 2.90. The van der Waals surface area contributed by atoms with Crippen LogP contribution >= 0.6 is 0 Å². The molecular formula is C17H11F6N5O4. The van der Waals surface area contributed by atoms with E-state index in [4.69, 9.17) is 5.26 Å². The molecule has 1 aromatic carbocycles. The summed E-state index contributed by atoms with van der Waals surface area (Å²) >= 11 is 0. The van der Waals surface area contributed by atoms with Gasteiger partial charge in [0, 0.05) is 12.1 Å². The highest BCUT2D eigenvalue weighted by Crippen LogP contribution is 2.26. The highest BCUT2D eigenvalue weighted by atomic mass is 19.4. The standard InChI is InChI=1S/C17H11F6N5O4/c18-16(19,20)14(30)31-12(29)8-25-13-10(5-24)7-27-15(28-13)26-6-9-3-1-2-4-11(9)32-17(21,22)23/h1-4,7H,6,8H2,(H2,25,26,27,28).